The summed E-state index contributed by atoms with van der Waals surface area (Å²) in [5.41, 5.74) is 0. The minimum absolute atomic E-state index is 0.702. The fourth-order valence-electron chi connectivity index (χ4n) is 2.39. The van der Waals surface area contributed by atoms with Gasteiger partial charge in [-0.1, -0.05) is 40.0 Å². The molecule has 0 saturated heterocycles. The van der Waals surface area contributed by atoms with Crippen molar-refractivity contribution in [3.8, 4) is 0 Å². The van der Waals surface area contributed by atoms with Crippen molar-refractivity contribution in [2.24, 2.45) is 10.9 Å². The average molecular weight is 254 g/mol. The van der Waals surface area contributed by atoms with Crippen LogP contribution in [0.1, 0.15) is 66.2 Å². The van der Waals surface area contributed by atoms with Crippen molar-refractivity contribution in [3.63, 3.8) is 0 Å². The molecule has 1 unspecified atom stereocenters. The maximum atomic E-state index is 3.97. The Morgan fingerprint density at radius 2 is 1.61 bits per heavy atom. The van der Waals surface area contributed by atoms with Crippen LogP contribution in [0.5, 0.6) is 0 Å². The standard InChI is InChI=1S/C16H34N2/c1-6-8-11-15(3)16(4)18(13-9-7-2)14-10-12-17-5/h15-16H,5-14H2,1-4H3/t15-,16?/m1/s1. The van der Waals surface area contributed by atoms with E-state index in [0.717, 1.165) is 18.9 Å². The van der Waals surface area contributed by atoms with Gasteiger partial charge in [-0.25, -0.2) is 0 Å². The van der Waals surface area contributed by atoms with E-state index in [4.69, 9.17) is 0 Å². The zero-order valence-electron chi connectivity index (χ0n) is 13.1. The Hall–Kier alpha value is -0.370. The monoisotopic (exact) mass is 254 g/mol. The van der Waals surface area contributed by atoms with Crippen molar-refractivity contribution in [1.82, 2.24) is 4.90 Å². The van der Waals surface area contributed by atoms with Crippen molar-refractivity contribution in [2.45, 2.75) is 72.3 Å². The Bertz CT molecular complexity index is 192. The molecule has 2 nitrogen and oxygen atoms in total. The molecule has 0 aromatic heterocycles. The summed E-state index contributed by atoms with van der Waals surface area (Å²) in [6, 6.07) is 0.702. The van der Waals surface area contributed by atoms with Crippen LogP contribution in [0.2, 0.25) is 0 Å². The highest BCUT2D eigenvalue weighted by molar-refractivity contribution is 5.22. The Balaban J connectivity index is 4.17. The second-order valence-electron chi connectivity index (χ2n) is 5.55. The molecule has 0 aliphatic rings. The molecule has 0 N–H and O–H groups in total. The normalized spacial score (nSPS) is 14.7. The van der Waals surface area contributed by atoms with Crippen molar-refractivity contribution >= 4 is 6.72 Å². The number of nitrogens with zero attached hydrogens (tertiary/aromatic N) is 2. The number of rotatable bonds is 12. The smallest absolute Gasteiger partial charge is 0.0394 e. The van der Waals surface area contributed by atoms with Gasteiger partial charge in [-0.15, -0.1) is 0 Å². The van der Waals surface area contributed by atoms with Gasteiger partial charge in [0.1, 0.15) is 0 Å². The number of unbranched alkanes of at least 4 members (excludes halogenated alkanes) is 2. The third kappa shape index (κ3) is 7.86. The molecular weight excluding hydrogens is 220 g/mol. The summed E-state index contributed by atoms with van der Waals surface area (Å²) in [6.45, 7) is 16.3. The van der Waals surface area contributed by atoms with E-state index in [-0.39, 0.29) is 0 Å². The molecule has 0 rings (SSSR count). The zero-order chi connectivity index (χ0) is 13.8. The average Bonchev–Trinajstić information content (AvgIpc) is 2.39. The van der Waals surface area contributed by atoms with E-state index in [2.05, 4.69) is 44.3 Å². The predicted octanol–water partition coefficient (Wildman–Crippen LogP) is 4.39. The van der Waals surface area contributed by atoms with Gasteiger partial charge in [-0.3, -0.25) is 0 Å². The van der Waals surface area contributed by atoms with Crippen LogP contribution in [0, 0.1) is 5.92 Å². The van der Waals surface area contributed by atoms with Crippen molar-refractivity contribution in [2.75, 3.05) is 19.6 Å². The molecule has 0 radical (unpaired) electrons. The summed E-state index contributed by atoms with van der Waals surface area (Å²) in [5.74, 6) is 0.804. The minimum atomic E-state index is 0.702. The van der Waals surface area contributed by atoms with Crippen molar-refractivity contribution in [1.29, 1.82) is 0 Å². The summed E-state index contributed by atoms with van der Waals surface area (Å²) in [7, 11) is 0. The molecule has 0 aliphatic heterocycles. The highest BCUT2D eigenvalue weighted by Crippen LogP contribution is 2.18. The molecule has 0 fully saturated rings. The highest BCUT2D eigenvalue weighted by Gasteiger charge is 2.18. The number of aliphatic imine (C=N–C) groups is 1. The molecule has 0 amide bonds. The van der Waals surface area contributed by atoms with E-state index < -0.39 is 0 Å². The van der Waals surface area contributed by atoms with E-state index >= 15 is 0 Å². The van der Waals surface area contributed by atoms with E-state index in [1.807, 2.05) is 0 Å². The van der Waals surface area contributed by atoms with Gasteiger partial charge >= 0.3 is 0 Å². The quantitative estimate of drug-likeness (QED) is 0.372. The molecule has 0 spiro atoms. The van der Waals surface area contributed by atoms with Crippen LogP contribution in [0.4, 0.5) is 0 Å². The first-order chi connectivity index (χ1) is 8.67. The molecule has 0 saturated carbocycles. The van der Waals surface area contributed by atoms with E-state index in [0.29, 0.717) is 6.04 Å². The van der Waals surface area contributed by atoms with Crippen LogP contribution in [-0.4, -0.2) is 37.3 Å². The van der Waals surface area contributed by atoms with E-state index in [1.165, 1.54) is 45.2 Å². The molecule has 18 heavy (non-hydrogen) atoms. The lowest BCUT2D eigenvalue weighted by Crippen LogP contribution is -2.39. The first-order valence-corrected chi connectivity index (χ1v) is 7.83. The van der Waals surface area contributed by atoms with Gasteiger partial charge in [0.05, 0.1) is 0 Å². The third-order valence-corrected chi connectivity index (χ3v) is 3.97. The Labute approximate surface area is 115 Å². The summed E-state index contributed by atoms with van der Waals surface area (Å²) in [6.07, 6.45) is 7.78. The largest absolute Gasteiger partial charge is 0.301 e. The summed E-state index contributed by atoms with van der Waals surface area (Å²) >= 11 is 0. The zero-order valence-corrected chi connectivity index (χ0v) is 13.1. The van der Waals surface area contributed by atoms with Gasteiger partial charge < -0.3 is 9.89 Å². The Kier molecular flexibility index (Phi) is 11.5. The topological polar surface area (TPSA) is 15.6 Å². The van der Waals surface area contributed by atoms with E-state index in [1.54, 1.807) is 0 Å². The van der Waals surface area contributed by atoms with Gasteiger partial charge in [0.15, 0.2) is 0 Å². The van der Waals surface area contributed by atoms with Gasteiger partial charge in [-0.05, 0) is 45.4 Å². The van der Waals surface area contributed by atoms with E-state index in [9.17, 15) is 0 Å². The maximum absolute atomic E-state index is 3.97. The van der Waals surface area contributed by atoms with Crippen LogP contribution in [-0.2, 0) is 0 Å². The predicted molar refractivity (Wildman–Crippen MR) is 83.7 cm³/mol. The minimum Gasteiger partial charge on any atom is -0.301 e. The molecule has 0 aliphatic carbocycles. The fourth-order valence-corrected chi connectivity index (χ4v) is 2.39. The lowest BCUT2D eigenvalue weighted by atomic mass is 9.95. The molecule has 108 valence electrons. The SMILES string of the molecule is C=NCCCN(CCCC)C(C)[C@H](C)CCCC. The van der Waals surface area contributed by atoms with Crippen molar-refractivity contribution in [3.05, 3.63) is 0 Å². The van der Waals surface area contributed by atoms with Crippen LogP contribution in [0.25, 0.3) is 0 Å². The van der Waals surface area contributed by atoms with Gasteiger partial charge in [-0.2, -0.15) is 0 Å². The van der Waals surface area contributed by atoms with Crippen LogP contribution < -0.4 is 0 Å². The van der Waals surface area contributed by atoms with Crippen molar-refractivity contribution < 1.29 is 0 Å². The number of hydrogen-bond donors (Lipinski definition) is 0. The summed E-state index contributed by atoms with van der Waals surface area (Å²) in [5, 5.41) is 0. The lowest BCUT2D eigenvalue weighted by molar-refractivity contribution is 0.152. The Morgan fingerprint density at radius 1 is 1.00 bits per heavy atom. The third-order valence-electron chi connectivity index (χ3n) is 3.97. The highest BCUT2D eigenvalue weighted by atomic mass is 15.1. The summed E-state index contributed by atoms with van der Waals surface area (Å²) < 4.78 is 0. The van der Waals surface area contributed by atoms with Gasteiger partial charge in [0.25, 0.3) is 0 Å². The Morgan fingerprint density at radius 3 is 2.17 bits per heavy atom. The second-order valence-corrected chi connectivity index (χ2v) is 5.55. The molecular formula is C16H34N2. The lowest BCUT2D eigenvalue weighted by Gasteiger charge is -2.33. The molecule has 2 atom stereocenters. The molecule has 0 heterocycles. The second kappa shape index (κ2) is 11.7. The molecule has 0 bridgehead atoms. The molecule has 0 aromatic rings. The fraction of sp³-hybridized carbons (Fsp3) is 0.938. The van der Waals surface area contributed by atoms with Crippen LogP contribution in [0.15, 0.2) is 4.99 Å². The van der Waals surface area contributed by atoms with Crippen LogP contribution in [0.3, 0.4) is 0 Å². The first kappa shape index (κ1) is 17.6. The van der Waals surface area contributed by atoms with Gasteiger partial charge in [0.2, 0.25) is 0 Å². The number of hydrogen-bond acceptors (Lipinski definition) is 2. The van der Waals surface area contributed by atoms with Gasteiger partial charge in [0, 0.05) is 19.1 Å². The summed E-state index contributed by atoms with van der Waals surface area (Å²) in [4.78, 5) is 6.63. The molecule has 0 aromatic carbocycles. The maximum Gasteiger partial charge on any atom is 0.0394 e. The van der Waals surface area contributed by atoms with Crippen LogP contribution >= 0.6 is 0 Å². The first-order valence-electron chi connectivity index (χ1n) is 7.83. The molecule has 2 heteroatoms.